The van der Waals surface area contributed by atoms with Crippen LogP contribution in [0.25, 0.3) is 5.78 Å². The van der Waals surface area contributed by atoms with Gasteiger partial charge >= 0.3 is 18.0 Å². The van der Waals surface area contributed by atoms with Gasteiger partial charge in [0.05, 0.1) is 48.4 Å². The summed E-state index contributed by atoms with van der Waals surface area (Å²) in [5.41, 5.74) is 0.147. The van der Waals surface area contributed by atoms with Gasteiger partial charge in [0.1, 0.15) is 36.5 Å². The SMILES string of the molecule is CC(C)=C1OC(=O)N(c2cc(OC3CCCC3)c(Cl)cc2F)C1=O.C[S+](C)C.Cc1ccn2nc(S(=O)(=O)Nc3c(F)cccc3F)nc2n1.O=C(O)CNCP(=O)([O-])O. The number of anilines is 2. The fraction of sp³-hybridized carbons (Fsp3) is 0.371. The molecule has 0 radical (unpaired) electrons. The number of cyclic esters (lactones) is 1. The number of aliphatic carboxylic acids is 1. The number of rotatable bonds is 10. The highest BCUT2D eigenvalue weighted by molar-refractivity contribution is 7.94. The second kappa shape index (κ2) is 21.7. The Morgan fingerprint density at radius 1 is 1.08 bits per heavy atom. The molecule has 328 valence electrons. The van der Waals surface area contributed by atoms with Crippen LogP contribution < -0.4 is 24.6 Å². The first-order valence-corrected chi connectivity index (χ1v) is 23.5. The highest BCUT2D eigenvalue weighted by Gasteiger charge is 2.40. The van der Waals surface area contributed by atoms with Crippen LogP contribution in [0.3, 0.4) is 0 Å². The van der Waals surface area contributed by atoms with Crippen molar-refractivity contribution in [1.29, 1.82) is 0 Å². The number of fused-ring (bicyclic) bond motifs is 1. The number of carboxylic acid groups (broad SMARTS) is 1. The van der Waals surface area contributed by atoms with Gasteiger partial charge in [0, 0.05) is 18.0 Å². The van der Waals surface area contributed by atoms with E-state index in [1.54, 1.807) is 31.6 Å². The minimum Gasteiger partial charge on any atom is -0.778 e. The van der Waals surface area contributed by atoms with Gasteiger partial charge in [0.25, 0.3) is 21.0 Å². The lowest BCUT2D eigenvalue weighted by Crippen LogP contribution is -2.29. The maximum Gasteiger partial charge on any atom is 0.427 e. The summed E-state index contributed by atoms with van der Waals surface area (Å²) in [4.78, 5) is 60.5. The third-order valence-corrected chi connectivity index (χ3v) is 9.46. The van der Waals surface area contributed by atoms with E-state index in [4.69, 9.17) is 31.1 Å². The number of nitrogens with one attached hydrogen (secondary N) is 2. The topological polar surface area (TPSA) is 255 Å². The van der Waals surface area contributed by atoms with Crippen molar-refractivity contribution >= 4 is 75.2 Å². The third kappa shape index (κ3) is 14.7. The van der Waals surface area contributed by atoms with Gasteiger partial charge in [0.15, 0.2) is 5.76 Å². The van der Waals surface area contributed by atoms with Gasteiger partial charge in [-0.3, -0.25) is 19.6 Å². The second-order valence-corrected chi connectivity index (χ2v) is 19.4. The number of nitrogens with zero attached hydrogens (tertiary/aromatic N) is 5. The number of hydrogen-bond donors (Lipinski definition) is 4. The molecule has 60 heavy (non-hydrogen) atoms. The van der Waals surface area contributed by atoms with Crippen molar-refractivity contribution in [3.63, 3.8) is 0 Å². The first-order valence-electron chi connectivity index (χ1n) is 17.4. The summed E-state index contributed by atoms with van der Waals surface area (Å²) in [7, 11) is -8.05. The minimum atomic E-state index is -4.35. The molecule has 2 aromatic carbocycles. The lowest BCUT2D eigenvalue weighted by molar-refractivity contribution is -0.193. The second-order valence-electron chi connectivity index (χ2n) is 13.3. The number of carbonyl (C=O) groups excluding carboxylic acids is 2. The largest absolute Gasteiger partial charge is 0.778 e. The molecule has 1 aliphatic carbocycles. The van der Waals surface area contributed by atoms with Gasteiger partial charge in [-0.1, -0.05) is 17.7 Å². The van der Waals surface area contributed by atoms with E-state index in [1.807, 2.05) is 5.32 Å². The Morgan fingerprint density at radius 2 is 1.68 bits per heavy atom. The fourth-order valence-electron chi connectivity index (χ4n) is 4.89. The number of aryl methyl sites for hydroxylation is 1. The summed E-state index contributed by atoms with van der Waals surface area (Å²) in [5.74, 6) is -4.52. The zero-order valence-electron chi connectivity index (χ0n) is 32.9. The number of amides is 2. The van der Waals surface area contributed by atoms with Crippen LogP contribution in [0.2, 0.25) is 5.02 Å². The third-order valence-electron chi connectivity index (χ3n) is 7.42. The standard InChI is InChI=1S/C17H17ClFNO4.C12H9F2N5O2S.C3H8NO5P.C3H9S/c1-9(2)15-16(21)20(17(22)24-15)13-8-14(11(18)7-12(13)19)23-10-5-3-4-6-10;1-7-5-6-19-11(15-7)16-12(17-19)22(20,21)18-10-8(13)3-2-4-9(10)14;5-3(6)1-4-2-10(7,8)9;1-4(2)3/h7-8,10H,3-6H2,1-2H3;2-6,18H,1H3;4H,1-2H2,(H,5,6)(H2,7,8,9);1-3H3/q;;;+1/p-1. The first kappa shape index (κ1) is 49.6. The van der Waals surface area contributed by atoms with E-state index in [0.29, 0.717) is 27.1 Å². The number of benzene rings is 2. The molecule has 0 spiro atoms. The molecule has 2 aromatic heterocycles. The molecule has 1 saturated carbocycles. The van der Waals surface area contributed by atoms with Gasteiger partial charge < -0.3 is 28.9 Å². The highest BCUT2D eigenvalue weighted by atomic mass is 35.5. The summed E-state index contributed by atoms with van der Waals surface area (Å²) in [6.07, 6.45) is 10.4. The number of imide groups is 1. The van der Waals surface area contributed by atoms with E-state index in [-0.39, 0.29) is 34.1 Å². The molecule has 2 aliphatic rings. The summed E-state index contributed by atoms with van der Waals surface area (Å²) >= 11 is 6.04. The highest BCUT2D eigenvalue weighted by Crippen LogP contribution is 2.37. The molecule has 4 aromatic rings. The van der Waals surface area contributed by atoms with Crippen LogP contribution in [0, 0.1) is 24.4 Å². The molecule has 6 rings (SSSR count). The molecule has 1 saturated heterocycles. The first-order chi connectivity index (χ1) is 27.9. The lowest BCUT2D eigenvalue weighted by atomic mass is 10.2. The number of ether oxygens (including phenoxy) is 2. The van der Waals surface area contributed by atoms with Gasteiger partial charge in [-0.25, -0.2) is 32.4 Å². The molecule has 1 atom stereocenters. The Hall–Kier alpha value is -4.77. The summed E-state index contributed by atoms with van der Waals surface area (Å²) in [5, 5.41) is 13.2. The number of para-hydroxylation sites is 1. The van der Waals surface area contributed by atoms with E-state index < -0.39 is 76.7 Å². The quantitative estimate of drug-likeness (QED) is 0.0952. The zero-order chi connectivity index (χ0) is 45.1. The summed E-state index contributed by atoms with van der Waals surface area (Å²) in [6.45, 7) is 4.50. The molecule has 3 heterocycles. The number of hydrogen-bond acceptors (Lipinski definition) is 13. The zero-order valence-corrected chi connectivity index (χ0v) is 36.2. The van der Waals surface area contributed by atoms with E-state index in [0.717, 1.165) is 54.5 Å². The van der Waals surface area contributed by atoms with Crippen molar-refractivity contribution in [2.24, 2.45) is 0 Å². The van der Waals surface area contributed by atoms with Gasteiger partial charge in [-0.2, -0.15) is 13.4 Å². The average Bonchev–Trinajstić information content (AvgIpc) is 3.87. The van der Waals surface area contributed by atoms with E-state index in [9.17, 15) is 45.4 Å². The van der Waals surface area contributed by atoms with Crippen LogP contribution in [-0.4, -0.2) is 93.7 Å². The van der Waals surface area contributed by atoms with Gasteiger partial charge in [-0.15, -0.1) is 5.10 Å². The number of carboxylic acids is 1. The molecule has 25 heteroatoms. The van der Waals surface area contributed by atoms with E-state index in [2.05, 4.69) is 33.8 Å². The Kier molecular flexibility index (Phi) is 17.9. The van der Waals surface area contributed by atoms with Crippen LogP contribution in [0.1, 0.15) is 45.2 Å². The van der Waals surface area contributed by atoms with E-state index in [1.165, 1.54) is 12.3 Å². The molecule has 18 nitrogen and oxygen atoms in total. The van der Waals surface area contributed by atoms with Gasteiger partial charge in [0.2, 0.25) is 0 Å². The molecule has 1 aliphatic heterocycles. The Morgan fingerprint density at radius 3 is 2.22 bits per heavy atom. The normalized spacial score (nSPS) is 14.9. The minimum absolute atomic E-state index is 0.00962. The Bertz CT molecular complexity index is 2370. The number of carbonyl (C=O) groups is 3. The number of allylic oxidation sites excluding steroid dienone is 1. The van der Waals surface area contributed by atoms with Crippen molar-refractivity contribution in [2.75, 3.05) is 41.2 Å². The number of sulfonamides is 1. The van der Waals surface area contributed by atoms with Crippen LogP contribution in [-0.2, 0) is 39.8 Å². The molecular formula is C35H42ClF3N7O11PS2. The smallest absolute Gasteiger partial charge is 0.427 e. The summed E-state index contributed by atoms with van der Waals surface area (Å²) < 4.78 is 89.3. The monoisotopic (exact) mass is 923 g/mol. The lowest BCUT2D eigenvalue weighted by Gasteiger charge is -2.18. The molecule has 2 fully saturated rings. The van der Waals surface area contributed by atoms with Crippen LogP contribution in [0.15, 0.2) is 59.1 Å². The summed E-state index contributed by atoms with van der Waals surface area (Å²) in [6, 6.07) is 6.93. The van der Waals surface area contributed by atoms with Gasteiger partial charge in [-0.05, 0) is 87.2 Å². The molecule has 0 bridgehead atoms. The van der Waals surface area contributed by atoms with Crippen LogP contribution in [0.5, 0.6) is 5.75 Å². The Balaban J connectivity index is 0.000000246. The molecule has 4 N–H and O–H groups in total. The van der Waals surface area contributed by atoms with Crippen molar-refractivity contribution in [2.45, 2.75) is 57.7 Å². The maximum atomic E-state index is 14.3. The Labute approximate surface area is 350 Å². The molecule has 1 unspecified atom stereocenters. The van der Waals surface area contributed by atoms with Crippen LogP contribution >= 0.6 is 19.2 Å². The molecular weight excluding hydrogens is 882 g/mol. The number of aromatic nitrogens is 4. The number of halogens is 4. The predicted octanol–water partition coefficient (Wildman–Crippen LogP) is 4.75. The van der Waals surface area contributed by atoms with Crippen molar-refractivity contribution in [3.05, 3.63) is 82.1 Å². The fourth-order valence-corrected chi connectivity index (χ4v) is 6.43. The van der Waals surface area contributed by atoms with E-state index >= 15 is 0 Å². The van der Waals surface area contributed by atoms with Crippen molar-refractivity contribution in [3.8, 4) is 5.75 Å². The van der Waals surface area contributed by atoms with Crippen LogP contribution in [0.4, 0.5) is 29.3 Å². The van der Waals surface area contributed by atoms with Crippen molar-refractivity contribution in [1.82, 2.24) is 24.9 Å². The predicted molar refractivity (Wildman–Crippen MR) is 215 cm³/mol. The average molecular weight is 924 g/mol. The maximum absolute atomic E-state index is 14.3. The van der Waals surface area contributed by atoms with Crippen molar-refractivity contribution < 1.29 is 64.9 Å². The molecule has 2 amide bonds.